The molecule has 0 aliphatic rings. The highest BCUT2D eigenvalue weighted by Gasteiger charge is 2.22. The average molecular weight is 308 g/mol. The molecule has 0 radical (unpaired) electrons. The summed E-state index contributed by atoms with van der Waals surface area (Å²) in [6, 6.07) is 2.24. The summed E-state index contributed by atoms with van der Waals surface area (Å²) >= 11 is 0. The molecule has 0 aliphatic heterocycles. The van der Waals surface area contributed by atoms with Crippen LogP contribution in [0.25, 0.3) is 0 Å². The molecule has 0 saturated heterocycles. The van der Waals surface area contributed by atoms with Crippen molar-refractivity contribution in [1.29, 1.82) is 0 Å². The van der Waals surface area contributed by atoms with Crippen LogP contribution in [0.5, 0.6) is 0 Å². The summed E-state index contributed by atoms with van der Waals surface area (Å²) in [6.45, 7) is -0.319. The van der Waals surface area contributed by atoms with Crippen LogP contribution in [0.2, 0.25) is 0 Å². The molecule has 0 spiro atoms. The zero-order valence-corrected chi connectivity index (χ0v) is 11.1. The highest BCUT2D eigenvalue weighted by molar-refractivity contribution is 7.89. The number of non-ortho nitro benzene ring substituents is 1. The Morgan fingerprint density at radius 1 is 1.40 bits per heavy atom. The number of benzene rings is 1. The number of ether oxygens (including phenoxy) is 1. The van der Waals surface area contributed by atoms with E-state index in [4.69, 9.17) is 9.84 Å². The molecule has 0 heterocycles. The van der Waals surface area contributed by atoms with Gasteiger partial charge in [0.05, 0.1) is 24.7 Å². The van der Waals surface area contributed by atoms with E-state index in [9.17, 15) is 22.9 Å². The number of aliphatic hydroxyl groups excluding tert-OH is 1. The molecule has 20 heavy (non-hydrogen) atoms. The van der Waals surface area contributed by atoms with Gasteiger partial charge in [-0.05, 0) is 6.07 Å². The second-order valence-corrected chi connectivity index (χ2v) is 5.34. The SMILES string of the molecule is O=[N+]([O-])c1ccc(F)c(S(=O)(=O)NCCOCCO)c1. The number of nitrogens with zero attached hydrogens (tertiary/aromatic N) is 1. The number of nitrogens with one attached hydrogen (secondary N) is 1. The number of nitro groups is 1. The molecule has 1 rings (SSSR count). The number of halogens is 1. The van der Waals surface area contributed by atoms with Crippen LogP contribution >= 0.6 is 0 Å². The van der Waals surface area contributed by atoms with Gasteiger partial charge in [0.25, 0.3) is 5.69 Å². The van der Waals surface area contributed by atoms with Crippen molar-refractivity contribution in [2.75, 3.05) is 26.4 Å². The van der Waals surface area contributed by atoms with Crippen LogP contribution in [0.3, 0.4) is 0 Å². The van der Waals surface area contributed by atoms with Crippen molar-refractivity contribution >= 4 is 15.7 Å². The van der Waals surface area contributed by atoms with E-state index in [2.05, 4.69) is 0 Å². The smallest absolute Gasteiger partial charge is 0.270 e. The molecule has 0 unspecified atom stereocenters. The van der Waals surface area contributed by atoms with Crippen molar-refractivity contribution in [2.45, 2.75) is 4.90 Å². The maximum absolute atomic E-state index is 13.5. The van der Waals surface area contributed by atoms with Crippen molar-refractivity contribution in [3.8, 4) is 0 Å². The molecule has 0 aromatic heterocycles. The van der Waals surface area contributed by atoms with Gasteiger partial charge < -0.3 is 9.84 Å². The summed E-state index contributed by atoms with van der Waals surface area (Å²) in [5.74, 6) is -1.08. The van der Waals surface area contributed by atoms with E-state index >= 15 is 0 Å². The maximum Gasteiger partial charge on any atom is 0.270 e. The van der Waals surface area contributed by atoms with Gasteiger partial charge in [-0.25, -0.2) is 17.5 Å². The predicted octanol–water partition coefficient (Wildman–Crippen LogP) is 0.0211. The average Bonchev–Trinajstić information content (AvgIpc) is 2.38. The van der Waals surface area contributed by atoms with Gasteiger partial charge in [-0.3, -0.25) is 10.1 Å². The second-order valence-electron chi connectivity index (χ2n) is 3.61. The molecule has 0 aliphatic carbocycles. The van der Waals surface area contributed by atoms with Crippen molar-refractivity contribution in [1.82, 2.24) is 4.72 Å². The van der Waals surface area contributed by atoms with Gasteiger partial charge in [0.15, 0.2) is 0 Å². The molecule has 10 heteroatoms. The lowest BCUT2D eigenvalue weighted by Gasteiger charge is -2.07. The van der Waals surface area contributed by atoms with Crippen LogP contribution in [0.1, 0.15) is 0 Å². The standard InChI is InChI=1S/C10H13FN2O6S/c11-9-2-1-8(13(15)16)7-10(9)20(17,18)12-3-5-19-6-4-14/h1-2,7,12,14H,3-6H2. The quantitative estimate of drug-likeness (QED) is 0.397. The fraction of sp³-hybridized carbons (Fsp3) is 0.400. The highest BCUT2D eigenvalue weighted by Crippen LogP contribution is 2.20. The van der Waals surface area contributed by atoms with Crippen LogP contribution < -0.4 is 4.72 Å². The van der Waals surface area contributed by atoms with E-state index in [1.54, 1.807) is 0 Å². The van der Waals surface area contributed by atoms with Crippen LogP contribution in [0, 0.1) is 15.9 Å². The molecule has 2 N–H and O–H groups in total. The molecule has 0 amide bonds. The molecule has 0 fully saturated rings. The van der Waals surface area contributed by atoms with Crippen LogP contribution in [-0.2, 0) is 14.8 Å². The van der Waals surface area contributed by atoms with E-state index in [1.807, 2.05) is 4.72 Å². The van der Waals surface area contributed by atoms with Gasteiger partial charge in [0.1, 0.15) is 10.7 Å². The third-order valence-corrected chi connectivity index (χ3v) is 3.67. The first-order valence-electron chi connectivity index (χ1n) is 5.50. The second kappa shape index (κ2) is 7.24. The lowest BCUT2D eigenvalue weighted by Crippen LogP contribution is -2.28. The number of aliphatic hydroxyl groups is 1. The minimum Gasteiger partial charge on any atom is -0.394 e. The van der Waals surface area contributed by atoms with E-state index in [0.29, 0.717) is 6.07 Å². The monoisotopic (exact) mass is 308 g/mol. The van der Waals surface area contributed by atoms with Gasteiger partial charge in [-0.15, -0.1) is 0 Å². The van der Waals surface area contributed by atoms with Gasteiger partial charge in [0, 0.05) is 18.7 Å². The molecular formula is C10H13FN2O6S. The summed E-state index contributed by atoms with van der Waals surface area (Å²) < 4.78 is 43.9. The van der Waals surface area contributed by atoms with Crippen molar-refractivity contribution in [3.63, 3.8) is 0 Å². The Balaban J connectivity index is 2.81. The Labute approximate surface area is 114 Å². The van der Waals surface area contributed by atoms with E-state index in [-0.39, 0.29) is 26.4 Å². The molecule has 1 aromatic carbocycles. The summed E-state index contributed by atoms with van der Waals surface area (Å²) in [5.41, 5.74) is -0.525. The first-order chi connectivity index (χ1) is 9.38. The lowest BCUT2D eigenvalue weighted by atomic mass is 10.3. The Morgan fingerprint density at radius 3 is 2.70 bits per heavy atom. The fourth-order valence-electron chi connectivity index (χ4n) is 1.30. The molecule has 112 valence electrons. The number of hydrogen-bond donors (Lipinski definition) is 2. The van der Waals surface area contributed by atoms with Crippen LogP contribution in [0.15, 0.2) is 23.1 Å². The largest absolute Gasteiger partial charge is 0.394 e. The molecule has 0 saturated carbocycles. The van der Waals surface area contributed by atoms with Crippen molar-refractivity contribution in [3.05, 3.63) is 34.1 Å². The summed E-state index contributed by atoms with van der Waals surface area (Å²) in [5, 5.41) is 19.0. The van der Waals surface area contributed by atoms with Gasteiger partial charge in [0.2, 0.25) is 10.0 Å². The van der Waals surface area contributed by atoms with Gasteiger partial charge in [-0.2, -0.15) is 0 Å². The third kappa shape index (κ3) is 4.49. The Hall–Kier alpha value is -1.62. The summed E-state index contributed by atoms with van der Waals surface area (Å²) in [6.07, 6.45) is 0. The highest BCUT2D eigenvalue weighted by atomic mass is 32.2. The molecular weight excluding hydrogens is 295 g/mol. The van der Waals surface area contributed by atoms with Crippen LogP contribution in [0.4, 0.5) is 10.1 Å². The zero-order chi connectivity index (χ0) is 15.2. The predicted molar refractivity (Wildman–Crippen MR) is 66.1 cm³/mol. The van der Waals surface area contributed by atoms with Gasteiger partial charge >= 0.3 is 0 Å². The van der Waals surface area contributed by atoms with Crippen LogP contribution in [-0.4, -0.2) is 44.8 Å². The first kappa shape index (κ1) is 16.4. The summed E-state index contributed by atoms with van der Waals surface area (Å²) in [7, 11) is -4.21. The minimum atomic E-state index is -4.21. The molecule has 1 aromatic rings. The summed E-state index contributed by atoms with van der Waals surface area (Å²) in [4.78, 5) is 8.93. The number of rotatable bonds is 8. The number of sulfonamides is 1. The Bertz CT molecular complexity index is 577. The number of hydrogen-bond acceptors (Lipinski definition) is 6. The zero-order valence-electron chi connectivity index (χ0n) is 10.3. The van der Waals surface area contributed by atoms with Crippen molar-refractivity contribution in [2.24, 2.45) is 0 Å². The normalized spacial score (nSPS) is 11.5. The first-order valence-corrected chi connectivity index (χ1v) is 6.99. The minimum absolute atomic E-state index is 0.0175. The van der Waals surface area contributed by atoms with E-state index in [1.165, 1.54) is 0 Å². The maximum atomic E-state index is 13.5. The van der Waals surface area contributed by atoms with E-state index in [0.717, 1.165) is 12.1 Å². The molecule has 0 atom stereocenters. The Morgan fingerprint density at radius 2 is 2.10 bits per heavy atom. The fourth-order valence-corrected chi connectivity index (χ4v) is 2.41. The Kier molecular flexibility index (Phi) is 5.95. The van der Waals surface area contributed by atoms with Gasteiger partial charge in [-0.1, -0.05) is 0 Å². The van der Waals surface area contributed by atoms with Crippen molar-refractivity contribution < 1.29 is 27.6 Å². The molecule has 0 bridgehead atoms. The lowest BCUT2D eigenvalue weighted by molar-refractivity contribution is -0.385. The third-order valence-electron chi connectivity index (χ3n) is 2.19. The van der Waals surface area contributed by atoms with E-state index < -0.39 is 31.3 Å². The topological polar surface area (TPSA) is 119 Å². The number of nitro benzene ring substituents is 1. The molecule has 8 nitrogen and oxygen atoms in total.